The summed E-state index contributed by atoms with van der Waals surface area (Å²) in [6, 6.07) is 6.54. The van der Waals surface area contributed by atoms with E-state index in [1.807, 2.05) is 4.90 Å². The van der Waals surface area contributed by atoms with Gasteiger partial charge in [0.25, 0.3) is 5.56 Å². The quantitative estimate of drug-likeness (QED) is 0.298. The van der Waals surface area contributed by atoms with Crippen molar-refractivity contribution in [2.24, 2.45) is 0 Å². The first kappa shape index (κ1) is 32.0. The number of hydrogen-bond donors (Lipinski definition) is 0. The molecule has 1 aromatic carbocycles. The Morgan fingerprint density at radius 3 is 2.35 bits per heavy atom. The second-order valence-electron chi connectivity index (χ2n) is 9.72. The molecule has 11 nitrogen and oxygen atoms in total. The fraction of sp³-hybridized carbons (Fsp3) is 0.464. The van der Waals surface area contributed by atoms with Gasteiger partial charge in [-0.3, -0.25) is 9.59 Å². The fourth-order valence-corrected chi connectivity index (χ4v) is 4.52. The Bertz CT molecular complexity index is 1410. The van der Waals surface area contributed by atoms with E-state index in [1.165, 1.54) is 19.5 Å². The van der Waals surface area contributed by atoms with E-state index in [4.69, 9.17) is 25.8 Å². The molecule has 1 saturated heterocycles. The third-order valence-corrected chi connectivity index (χ3v) is 7.05. The van der Waals surface area contributed by atoms with E-state index in [2.05, 4.69) is 15.1 Å². The van der Waals surface area contributed by atoms with Gasteiger partial charge in [0.1, 0.15) is 12.4 Å². The van der Waals surface area contributed by atoms with Gasteiger partial charge in [-0.05, 0) is 24.1 Å². The topological polar surface area (TPSA) is 112 Å². The molecular formula is C28H32ClF3N6O5. The number of hydrogen-bond acceptors (Lipinski definition) is 9. The smallest absolute Gasteiger partial charge is 0.425 e. The van der Waals surface area contributed by atoms with E-state index in [0.29, 0.717) is 54.9 Å². The molecule has 0 aliphatic carbocycles. The summed E-state index contributed by atoms with van der Waals surface area (Å²) < 4.78 is 58.7. The number of nitrogens with zero attached hydrogens (tertiary/aromatic N) is 6. The van der Waals surface area contributed by atoms with Crippen LogP contribution in [0.25, 0.3) is 0 Å². The molecule has 0 N–H and O–H groups in total. The maximum absolute atomic E-state index is 13.9. The number of methoxy groups -OCH3 is 1. The number of carbonyl (C=O) groups is 1. The summed E-state index contributed by atoms with van der Waals surface area (Å²) in [5.41, 5.74) is -2.18. The highest BCUT2D eigenvalue weighted by molar-refractivity contribution is 6.30. The standard InChI is InChI=1S/C28H32ClF3N6O5/c1-3-21(42-13-8-24(39)36-9-11-37(12-10-36)27-33-14-20(29)15-34-27)18-43-23-16-35-38(26(40)25(23)28(30,31)32)17-19-4-6-22(41-2)7-5-19/h4-7,14-16,21H,3,8-13,17-18H2,1-2H3. The van der Waals surface area contributed by atoms with E-state index in [-0.39, 0.29) is 32.1 Å². The van der Waals surface area contributed by atoms with Crippen LogP contribution in [0, 0.1) is 0 Å². The zero-order valence-electron chi connectivity index (χ0n) is 23.7. The second kappa shape index (κ2) is 14.5. The summed E-state index contributed by atoms with van der Waals surface area (Å²) in [4.78, 5) is 37.5. The van der Waals surface area contributed by atoms with Crippen LogP contribution in [0.3, 0.4) is 0 Å². The van der Waals surface area contributed by atoms with Crippen LogP contribution in [0.5, 0.6) is 11.5 Å². The number of amides is 1. The largest absolute Gasteiger partial charge is 0.497 e. The fourth-order valence-electron chi connectivity index (χ4n) is 4.42. The third kappa shape index (κ3) is 8.57. The molecule has 0 bridgehead atoms. The molecule has 1 amide bonds. The highest BCUT2D eigenvalue weighted by atomic mass is 35.5. The predicted molar refractivity (Wildman–Crippen MR) is 152 cm³/mol. The van der Waals surface area contributed by atoms with E-state index >= 15 is 0 Å². The number of anilines is 1. The molecule has 1 unspecified atom stereocenters. The van der Waals surface area contributed by atoms with Gasteiger partial charge in [0.2, 0.25) is 11.9 Å². The lowest BCUT2D eigenvalue weighted by Gasteiger charge is -2.34. The van der Waals surface area contributed by atoms with Gasteiger partial charge in [0.05, 0.1) is 56.4 Å². The number of aromatic nitrogens is 4. The molecule has 0 spiro atoms. The Hall–Kier alpha value is -3.91. The number of rotatable bonds is 12. The lowest BCUT2D eigenvalue weighted by atomic mass is 10.2. The van der Waals surface area contributed by atoms with Gasteiger partial charge in [-0.15, -0.1) is 0 Å². The zero-order valence-corrected chi connectivity index (χ0v) is 24.5. The average molecular weight is 625 g/mol. The molecule has 232 valence electrons. The van der Waals surface area contributed by atoms with Crippen LogP contribution < -0.4 is 19.9 Å². The van der Waals surface area contributed by atoms with Crippen molar-refractivity contribution in [3.05, 3.63) is 69.4 Å². The van der Waals surface area contributed by atoms with E-state index in [0.717, 1.165) is 10.9 Å². The molecule has 43 heavy (non-hydrogen) atoms. The summed E-state index contributed by atoms with van der Waals surface area (Å²) in [6.07, 6.45) is -1.12. The molecule has 3 heterocycles. The summed E-state index contributed by atoms with van der Waals surface area (Å²) >= 11 is 5.84. The van der Waals surface area contributed by atoms with Gasteiger partial charge in [0.15, 0.2) is 11.3 Å². The van der Waals surface area contributed by atoms with Gasteiger partial charge in [0, 0.05) is 26.2 Å². The van der Waals surface area contributed by atoms with Crippen LogP contribution in [0.2, 0.25) is 5.02 Å². The van der Waals surface area contributed by atoms with Crippen LogP contribution in [0.15, 0.2) is 47.7 Å². The maximum atomic E-state index is 13.9. The minimum absolute atomic E-state index is 0.0645. The molecular weight excluding hydrogens is 593 g/mol. The summed E-state index contributed by atoms with van der Waals surface area (Å²) in [5.74, 6) is 0.342. The van der Waals surface area contributed by atoms with Gasteiger partial charge in [-0.25, -0.2) is 14.6 Å². The highest BCUT2D eigenvalue weighted by Crippen LogP contribution is 2.33. The average Bonchev–Trinajstić information content (AvgIpc) is 3.00. The van der Waals surface area contributed by atoms with Crippen molar-refractivity contribution in [3.63, 3.8) is 0 Å². The predicted octanol–water partition coefficient (Wildman–Crippen LogP) is 3.68. The van der Waals surface area contributed by atoms with Crippen molar-refractivity contribution < 1.29 is 32.2 Å². The van der Waals surface area contributed by atoms with Crippen molar-refractivity contribution >= 4 is 23.5 Å². The van der Waals surface area contributed by atoms with Crippen molar-refractivity contribution in [2.75, 3.05) is 51.4 Å². The molecule has 1 atom stereocenters. The number of benzene rings is 1. The van der Waals surface area contributed by atoms with Gasteiger partial charge >= 0.3 is 6.18 Å². The first-order valence-electron chi connectivity index (χ1n) is 13.6. The van der Waals surface area contributed by atoms with E-state index in [1.54, 1.807) is 36.1 Å². The maximum Gasteiger partial charge on any atom is 0.425 e. The van der Waals surface area contributed by atoms with Gasteiger partial charge < -0.3 is 24.0 Å². The molecule has 4 rings (SSSR count). The van der Waals surface area contributed by atoms with Gasteiger partial charge in [-0.1, -0.05) is 30.7 Å². The van der Waals surface area contributed by atoms with E-state index in [9.17, 15) is 22.8 Å². The van der Waals surface area contributed by atoms with Crippen LogP contribution in [0.4, 0.5) is 19.1 Å². The molecule has 0 radical (unpaired) electrons. The Labute approximate surface area is 251 Å². The number of halogens is 4. The highest BCUT2D eigenvalue weighted by Gasteiger charge is 2.39. The monoisotopic (exact) mass is 624 g/mol. The summed E-state index contributed by atoms with van der Waals surface area (Å²) in [7, 11) is 1.49. The summed E-state index contributed by atoms with van der Waals surface area (Å²) in [5, 5.41) is 4.34. The number of ether oxygens (including phenoxy) is 3. The number of alkyl halides is 3. The van der Waals surface area contributed by atoms with Gasteiger partial charge in [-0.2, -0.15) is 18.3 Å². The number of carbonyl (C=O) groups excluding carboxylic acids is 1. The lowest BCUT2D eigenvalue weighted by molar-refractivity contribution is -0.141. The lowest BCUT2D eigenvalue weighted by Crippen LogP contribution is -2.49. The molecule has 1 fully saturated rings. The van der Waals surface area contributed by atoms with Crippen molar-refractivity contribution in [1.82, 2.24) is 24.6 Å². The third-order valence-electron chi connectivity index (χ3n) is 6.86. The minimum Gasteiger partial charge on any atom is -0.497 e. The SMILES string of the molecule is CCC(COc1cnn(Cc2ccc(OC)cc2)c(=O)c1C(F)(F)F)OCCC(=O)N1CCN(c2ncc(Cl)cn2)CC1. The molecule has 1 aliphatic rings. The molecule has 3 aromatic rings. The molecule has 15 heteroatoms. The van der Waals surface area contributed by atoms with Crippen molar-refractivity contribution in [2.45, 2.75) is 38.6 Å². The molecule has 2 aromatic heterocycles. The first-order chi connectivity index (χ1) is 20.6. The first-order valence-corrected chi connectivity index (χ1v) is 14.0. The van der Waals surface area contributed by atoms with E-state index < -0.39 is 29.2 Å². The Kier molecular flexibility index (Phi) is 10.8. The van der Waals surface area contributed by atoms with Crippen molar-refractivity contribution in [1.29, 1.82) is 0 Å². The Morgan fingerprint density at radius 2 is 1.74 bits per heavy atom. The Balaban J connectivity index is 1.29. The van der Waals surface area contributed by atoms with Crippen LogP contribution in [-0.2, 0) is 22.3 Å². The van der Waals surface area contributed by atoms with Crippen molar-refractivity contribution in [3.8, 4) is 11.5 Å². The zero-order chi connectivity index (χ0) is 31.0. The second-order valence-corrected chi connectivity index (χ2v) is 10.2. The van der Waals surface area contributed by atoms with Crippen LogP contribution >= 0.6 is 11.6 Å². The normalized spacial score (nSPS) is 14.5. The molecule has 1 aliphatic heterocycles. The Morgan fingerprint density at radius 1 is 1.07 bits per heavy atom. The number of piperazine rings is 1. The molecule has 0 saturated carbocycles. The van der Waals surface area contributed by atoms with Crippen LogP contribution in [-0.4, -0.2) is 83.2 Å². The van der Waals surface area contributed by atoms with Crippen LogP contribution in [0.1, 0.15) is 30.9 Å². The summed E-state index contributed by atoms with van der Waals surface area (Å²) in [6.45, 7) is 3.54. The minimum atomic E-state index is -4.96.